The van der Waals surface area contributed by atoms with Gasteiger partial charge in [0.25, 0.3) is 5.69 Å². The number of halogens is 1. The van der Waals surface area contributed by atoms with Crippen LogP contribution in [0, 0.1) is 15.9 Å². The van der Waals surface area contributed by atoms with Crippen LogP contribution in [0.4, 0.5) is 20.7 Å². The lowest BCUT2D eigenvalue weighted by atomic mass is 10.2. The number of amides is 2. The lowest BCUT2D eigenvalue weighted by Gasteiger charge is -2.31. The molecule has 154 valence electrons. The third kappa shape index (κ3) is 5.57. The number of nitro benzene ring substituents is 1. The van der Waals surface area contributed by atoms with E-state index >= 15 is 0 Å². The van der Waals surface area contributed by atoms with E-state index in [1.807, 2.05) is 0 Å². The summed E-state index contributed by atoms with van der Waals surface area (Å²) in [5.74, 6) is -0.944. The summed E-state index contributed by atoms with van der Waals surface area (Å²) in [4.78, 5) is 33.9. The minimum absolute atomic E-state index is 0.0107. The Hall–Kier alpha value is -3.34. The summed E-state index contributed by atoms with van der Waals surface area (Å²) in [6.07, 6.45) is 3.28. The van der Waals surface area contributed by atoms with Crippen LogP contribution >= 0.6 is 0 Å². The number of benzene rings is 1. The first kappa shape index (κ1) is 20.4. The highest BCUT2D eigenvalue weighted by molar-refractivity contribution is 5.88. The third-order valence-electron chi connectivity index (χ3n) is 4.48. The second kappa shape index (κ2) is 9.24. The summed E-state index contributed by atoms with van der Waals surface area (Å²) in [6, 6.07) is 4.03. The number of aromatic nitrogens is 2. The molecule has 0 aliphatic carbocycles. The number of hydrogen-bond acceptors (Lipinski definition) is 7. The second-order valence-corrected chi connectivity index (χ2v) is 6.62. The standard InChI is InChI=1S/C18H21FN6O4/c1-23(6-2-7-24-8-3-9-24)18(26)22-16-11-17(21-12-20-16)29-15-5-4-13(25(27)28)10-14(15)19/h4-5,10-12H,2-3,6-9H2,1H3,(H,20,21,22,26). The van der Waals surface area contributed by atoms with Gasteiger partial charge in [0.15, 0.2) is 11.6 Å². The van der Waals surface area contributed by atoms with Gasteiger partial charge >= 0.3 is 6.03 Å². The Balaban J connectivity index is 1.56. The van der Waals surface area contributed by atoms with Crippen molar-refractivity contribution in [3.05, 3.63) is 46.5 Å². The lowest BCUT2D eigenvalue weighted by molar-refractivity contribution is -0.385. The quantitative estimate of drug-likeness (QED) is 0.531. The van der Waals surface area contributed by atoms with Gasteiger partial charge in [0.05, 0.1) is 11.0 Å². The monoisotopic (exact) mass is 404 g/mol. The van der Waals surface area contributed by atoms with Gasteiger partial charge < -0.3 is 14.5 Å². The smallest absolute Gasteiger partial charge is 0.322 e. The molecule has 0 spiro atoms. The fourth-order valence-corrected chi connectivity index (χ4v) is 2.71. The number of nitrogens with one attached hydrogen (secondary N) is 1. The molecular weight excluding hydrogens is 383 g/mol. The lowest BCUT2D eigenvalue weighted by Crippen LogP contribution is -2.40. The van der Waals surface area contributed by atoms with Crippen LogP contribution in [-0.4, -0.2) is 63.9 Å². The first-order valence-corrected chi connectivity index (χ1v) is 9.10. The number of ether oxygens (including phenoxy) is 1. The van der Waals surface area contributed by atoms with Crippen molar-refractivity contribution in [1.82, 2.24) is 19.8 Å². The van der Waals surface area contributed by atoms with Gasteiger partial charge in [0.2, 0.25) is 5.88 Å². The highest BCUT2D eigenvalue weighted by atomic mass is 19.1. The van der Waals surface area contributed by atoms with Crippen LogP contribution in [0.2, 0.25) is 0 Å². The number of anilines is 1. The summed E-state index contributed by atoms with van der Waals surface area (Å²) >= 11 is 0. The molecule has 1 N–H and O–H groups in total. The molecule has 1 aromatic carbocycles. The summed E-state index contributed by atoms with van der Waals surface area (Å²) in [5, 5.41) is 13.3. The van der Waals surface area contributed by atoms with Gasteiger partial charge in [0, 0.05) is 25.7 Å². The molecule has 0 atom stereocenters. The molecule has 0 saturated carbocycles. The van der Waals surface area contributed by atoms with Crippen LogP contribution in [0.5, 0.6) is 11.6 Å². The van der Waals surface area contributed by atoms with E-state index in [0.29, 0.717) is 6.54 Å². The Morgan fingerprint density at radius 1 is 1.38 bits per heavy atom. The van der Waals surface area contributed by atoms with Crippen molar-refractivity contribution in [2.75, 3.05) is 38.5 Å². The summed E-state index contributed by atoms with van der Waals surface area (Å²) < 4.78 is 19.3. The molecule has 2 aromatic rings. The molecule has 29 heavy (non-hydrogen) atoms. The van der Waals surface area contributed by atoms with Crippen LogP contribution < -0.4 is 10.1 Å². The Morgan fingerprint density at radius 2 is 2.17 bits per heavy atom. The van der Waals surface area contributed by atoms with E-state index < -0.39 is 10.7 Å². The van der Waals surface area contributed by atoms with Crippen LogP contribution in [0.1, 0.15) is 12.8 Å². The Bertz CT molecular complexity index is 892. The zero-order valence-corrected chi connectivity index (χ0v) is 15.9. The Kier molecular flexibility index (Phi) is 6.50. The predicted molar refractivity (Wildman–Crippen MR) is 102 cm³/mol. The van der Waals surface area contributed by atoms with Crippen molar-refractivity contribution in [1.29, 1.82) is 0 Å². The van der Waals surface area contributed by atoms with Crippen molar-refractivity contribution in [3.8, 4) is 11.6 Å². The molecule has 0 unspecified atom stereocenters. The third-order valence-corrected chi connectivity index (χ3v) is 4.48. The number of nitrogens with zero attached hydrogens (tertiary/aromatic N) is 5. The summed E-state index contributed by atoms with van der Waals surface area (Å²) in [5.41, 5.74) is -0.386. The number of non-ortho nitro benzene ring substituents is 1. The van der Waals surface area contributed by atoms with Crippen LogP contribution in [0.15, 0.2) is 30.6 Å². The molecular formula is C18H21FN6O4. The predicted octanol–water partition coefficient (Wildman–Crippen LogP) is 2.88. The minimum atomic E-state index is -0.898. The highest BCUT2D eigenvalue weighted by Gasteiger charge is 2.16. The average Bonchev–Trinajstić information content (AvgIpc) is 2.65. The minimum Gasteiger partial charge on any atom is -0.436 e. The summed E-state index contributed by atoms with van der Waals surface area (Å²) in [6.45, 7) is 3.80. The Morgan fingerprint density at radius 3 is 2.83 bits per heavy atom. The maximum Gasteiger partial charge on any atom is 0.322 e. The molecule has 0 bridgehead atoms. The van der Waals surface area contributed by atoms with Gasteiger partial charge in [-0.2, -0.15) is 0 Å². The number of urea groups is 1. The Labute approximate surface area is 166 Å². The maximum atomic E-state index is 14.0. The van der Waals surface area contributed by atoms with Gasteiger partial charge in [-0.3, -0.25) is 15.4 Å². The van der Waals surface area contributed by atoms with Gasteiger partial charge in [-0.15, -0.1) is 0 Å². The van der Waals surface area contributed by atoms with Crippen molar-refractivity contribution in [3.63, 3.8) is 0 Å². The van der Waals surface area contributed by atoms with Gasteiger partial charge in [-0.05, 0) is 38.5 Å². The molecule has 2 heterocycles. The molecule has 0 radical (unpaired) electrons. The number of carbonyl (C=O) groups is 1. The zero-order valence-electron chi connectivity index (χ0n) is 15.9. The molecule has 1 saturated heterocycles. The highest BCUT2D eigenvalue weighted by Crippen LogP contribution is 2.27. The van der Waals surface area contributed by atoms with Gasteiger partial charge in [-0.25, -0.2) is 19.2 Å². The van der Waals surface area contributed by atoms with Crippen molar-refractivity contribution < 1.29 is 18.8 Å². The SMILES string of the molecule is CN(CCCN1CCC1)C(=O)Nc1cc(Oc2ccc([N+](=O)[O-])cc2F)ncn1. The first-order chi connectivity index (χ1) is 13.9. The van der Waals surface area contributed by atoms with E-state index in [9.17, 15) is 19.3 Å². The van der Waals surface area contributed by atoms with Gasteiger partial charge in [0.1, 0.15) is 12.1 Å². The normalized spacial score (nSPS) is 13.4. The zero-order chi connectivity index (χ0) is 20.8. The van der Waals surface area contributed by atoms with E-state index in [-0.39, 0.29) is 29.2 Å². The fourth-order valence-electron chi connectivity index (χ4n) is 2.71. The van der Waals surface area contributed by atoms with Crippen molar-refractivity contribution >= 4 is 17.5 Å². The van der Waals surface area contributed by atoms with Crippen LogP contribution in [0.25, 0.3) is 0 Å². The van der Waals surface area contributed by atoms with Crippen LogP contribution in [-0.2, 0) is 0 Å². The first-order valence-electron chi connectivity index (χ1n) is 9.10. The van der Waals surface area contributed by atoms with E-state index in [2.05, 4.69) is 20.2 Å². The molecule has 1 fully saturated rings. The van der Waals surface area contributed by atoms with Gasteiger partial charge in [-0.1, -0.05) is 0 Å². The van der Waals surface area contributed by atoms with E-state index in [0.717, 1.165) is 50.6 Å². The van der Waals surface area contributed by atoms with Crippen LogP contribution in [0.3, 0.4) is 0 Å². The summed E-state index contributed by atoms with van der Waals surface area (Å²) in [7, 11) is 1.69. The maximum absolute atomic E-state index is 14.0. The topological polar surface area (TPSA) is 114 Å². The fraction of sp³-hybridized carbons (Fsp3) is 0.389. The molecule has 1 aliphatic heterocycles. The molecule has 10 nitrogen and oxygen atoms in total. The number of nitro groups is 1. The van der Waals surface area contributed by atoms with E-state index in [1.54, 1.807) is 11.9 Å². The van der Waals surface area contributed by atoms with E-state index in [1.165, 1.54) is 12.5 Å². The van der Waals surface area contributed by atoms with Crippen molar-refractivity contribution in [2.45, 2.75) is 12.8 Å². The number of likely N-dealkylation sites (tertiary alicyclic amines) is 1. The molecule has 1 aliphatic rings. The van der Waals surface area contributed by atoms with E-state index in [4.69, 9.17) is 4.74 Å². The largest absolute Gasteiger partial charge is 0.436 e. The molecule has 1 aromatic heterocycles. The number of rotatable bonds is 8. The molecule has 2 amide bonds. The molecule has 3 rings (SSSR count). The second-order valence-electron chi connectivity index (χ2n) is 6.62. The molecule has 11 heteroatoms. The van der Waals surface area contributed by atoms with Crippen molar-refractivity contribution in [2.24, 2.45) is 0 Å². The number of carbonyl (C=O) groups excluding carboxylic acids is 1. The number of hydrogen-bond donors (Lipinski definition) is 1. The average molecular weight is 404 g/mol.